The molecule has 0 radical (unpaired) electrons. The molecule has 0 amide bonds. The quantitative estimate of drug-likeness (QED) is 0.178. The number of rotatable bonds is 5. The first-order chi connectivity index (χ1) is 26.2. The van der Waals surface area contributed by atoms with Crippen LogP contribution in [0.2, 0.25) is 0 Å². The first-order valence-corrected chi connectivity index (χ1v) is 18.3. The minimum absolute atomic E-state index is 0.194. The van der Waals surface area contributed by atoms with E-state index in [1.807, 2.05) is 0 Å². The average Bonchev–Trinajstić information content (AvgIpc) is 3.64. The molecule has 2 atom stereocenters. The van der Waals surface area contributed by atoms with E-state index >= 15 is 0 Å². The van der Waals surface area contributed by atoms with Crippen LogP contribution < -0.4 is 10.3 Å². The second-order valence-corrected chi connectivity index (χ2v) is 14.2. The van der Waals surface area contributed by atoms with Gasteiger partial charge in [-0.25, -0.2) is 10.3 Å². The van der Waals surface area contributed by atoms with Gasteiger partial charge >= 0.3 is 0 Å². The number of fused-ring (bicyclic) bond motifs is 4. The van der Waals surface area contributed by atoms with E-state index < -0.39 is 0 Å². The molecule has 2 heterocycles. The van der Waals surface area contributed by atoms with Crippen molar-refractivity contribution >= 4 is 65.9 Å². The van der Waals surface area contributed by atoms with Crippen LogP contribution >= 0.6 is 0 Å². The van der Waals surface area contributed by atoms with Gasteiger partial charge < -0.3 is 4.42 Å². The molecule has 0 spiro atoms. The first kappa shape index (κ1) is 29.9. The van der Waals surface area contributed by atoms with Crippen molar-refractivity contribution in [3.05, 3.63) is 181 Å². The number of benzene rings is 8. The van der Waals surface area contributed by atoms with Gasteiger partial charge in [-0.2, -0.15) is 4.99 Å². The second kappa shape index (κ2) is 11.9. The molecule has 1 aromatic heterocycles. The van der Waals surface area contributed by atoms with Crippen molar-refractivity contribution in [2.24, 2.45) is 10.9 Å². The van der Waals surface area contributed by atoms with Gasteiger partial charge in [0.25, 0.3) is 5.84 Å². The number of aliphatic imine (C=N–C) groups is 1. The molecule has 8 aromatic carbocycles. The number of hydrogen-bond donors (Lipinski definition) is 2. The average molecular weight is 681 g/mol. The molecule has 0 saturated carbocycles. The van der Waals surface area contributed by atoms with Crippen molar-refractivity contribution in [2.45, 2.75) is 12.6 Å². The van der Waals surface area contributed by atoms with Gasteiger partial charge in [-0.05, 0) is 85.8 Å². The monoisotopic (exact) mass is 680 g/mol. The summed E-state index contributed by atoms with van der Waals surface area (Å²) in [7, 11) is 0. The second-order valence-electron chi connectivity index (χ2n) is 14.2. The van der Waals surface area contributed by atoms with Crippen molar-refractivity contribution in [2.75, 3.05) is 0 Å². The topological polar surface area (TPSA) is 51.5 Å². The summed E-state index contributed by atoms with van der Waals surface area (Å²) in [6.45, 7) is 0. The molecule has 2 N–H and O–H groups in total. The van der Waals surface area contributed by atoms with E-state index in [1.165, 1.54) is 48.7 Å². The molecule has 53 heavy (non-hydrogen) atoms. The summed E-state index contributed by atoms with van der Waals surface area (Å²) in [6.07, 6.45) is 9.40. The van der Waals surface area contributed by atoms with Crippen LogP contribution in [-0.4, -0.2) is 11.7 Å². The summed E-state index contributed by atoms with van der Waals surface area (Å²) in [5.41, 5.74) is 8.70. The summed E-state index contributed by atoms with van der Waals surface area (Å²) in [5, 5.41) is 13.5. The maximum absolute atomic E-state index is 6.63. The van der Waals surface area contributed by atoms with Crippen LogP contribution in [0.25, 0.3) is 76.5 Å². The Kier molecular flexibility index (Phi) is 6.71. The van der Waals surface area contributed by atoms with Gasteiger partial charge in [0.15, 0.2) is 0 Å². The third-order valence-corrected chi connectivity index (χ3v) is 11.1. The molecule has 2 aliphatic rings. The number of hydrogen-bond acceptors (Lipinski definition) is 3. The summed E-state index contributed by atoms with van der Waals surface area (Å²) < 4.78 is 6.63. The van der Waals surface area contributed by atoms with Crippen molar-refractivity contribution in [3.8, 4) is 22.3 Å². The van der Waals surface area contributed by atoms with Gasteiger partial charge in [0.2, 0.25) is 12.0 Å². The fourth-order valence-corrected chi connectivity index (χ4v) is 8.39. The molecule has 11 rings (SSSR count). The Labute approximate surface area is 306 Å². The largest absolute Gasteiger partial charge is 0.455 e. The number of nitrogens with zero attached hydrogens (tertiary/aromatic N) is 1. The van der Waals surface area contributed by atoms with Crippen LogP contribution in [-0.2, 0) is 0 Å². The van der Waals surface area contributed by atoms with Crippen molar-refractivity contribution in [1.82, 2.24) is 5.32 Å². The number of allylic oxidation sites excluding steroid dienone is 3. The third-order valence-electron chi connectivity index (χ3n) is 11.1. The van der Waals surface area contributed by atoms with Crippen LogP contribution in [0.4, 0.5) is 0 Å². The predicted octanol–water partition coefficient (Wildman–Crippen LogP) is 10.5. The number of amidine groups is 2. The van der Waals surface area contributed by atoms with E-state index in [2.05, 4.69) is 180 Å². The van der Waals surface area contributed by atoms with Gasteiger partial charge in [-0.15, -0.1) is 0 Å². The number of nitrogens with one attached hydrogen (secondary N) is 2. The van der Waals surface area contributed by atoms with Gasteiger partial charge in [0.1, 0.15) is 11.2 Å². The Morgan fingerprint density at radius 3 is 2.06 bits per heavy atom. The Morgan fingerprint density at radius 1 is 0.585 bits per heavy atom. The molecule has 1 aliphatic carbocycles. The Bertz CT molecular complexity index is 3000. The molecule has 4 heteroatoms. The minimum Gasteiger partial charge on any atom is -0.455 e. The van der Waals surface area contributed by atoms with Crippen LogP contribution in [0.5, 0.6) is 0 Å². The SMILES string of the molecule is C1=CCC(C2=NC(c3ccc4ccccc4c3)[NH+]=C(c3ccc(-c4ccc(-c5ccc6c7ccccc7c7cccc8oc5c6c87)cc4)cc3)N2)C=C1. The highest BCUT2D eigenvalue weighted by Gasteiger charge is 2.29. The fraction of sp³-hybridized carbons (Fsp3) is 0.0612. The van der Waals surface area contributed by atoms with Gasteiger partial charge in [0.05, 0.1) is 11.5 Å². The van der Waals surface area contributed by atoms with Crippen LogP contribution in [0.15, 0.2) is 179 Å². The van der Waals surface area contributed by atoms with Crippen LogP contribution in [0, 0.1) is 5.92 Å². The van der Waals surface area contributed by atoms with Crippen molar-refractivity contribution in [1.29, 1.82) is 0 Å². The lowest BCUT2D eigenvalue weighted by atomic mass is 9.91. The maximum Gasteiger partial charge on any atom is 0.283 e. The molecule has 250 valence electrons. The smallest absolute Gasteiger partial charge is 0.283 e. The molecule has 9 aromatic rings. The first-order valence-electron chi connectivity index (χ1n) is 18.3. The Hall–Kier alpha value is -6.78. The van der Waals surface area contributed by atoms with Gasteiger partial charge in [0, 0.05) is 21.9 Å². The molecule has 1 aliphatic heterocycles. The summed E-state index contributed by atoms with van der Waals surface area (Å²) in [5.74, 6) is 2.15. The predicted molar refractivity (Wildman–Crippen MR) is 220 cm³/mol. The summed E-state index contributed by atoms with van der Waals surface area (Å²) >= 11 is 0. The number of furan rings is 1. The van der Waals surface area contributed by atoms with E-state index in [0.29, 0.717) is 0 Å². The molecule has 0 fully saturated rings. The zero-order valence-corrected chi connectivity index (χ0v) is 28.9. The highest BCUT2D eigenvalue weighted by molar-refractivity contribution is 6.34. The highest BCUT2D eigenvalue weighted by Crippen LogP contribution is 2.45. The molecule has 0 saturated heterocycles. The molecule has 2 unspecified atom stereocenters. The van der Waals surface area contributed by atoms with E-state index in [9.17, 15) is 0 Å². The Balaban J connectivity index is 0.920. The van der Waals surface area contributed by atoms with Crippen molar-refractivity contribution in [3.63, 3.8) is 0 Å². The summed E-state index contributed by atoms with van der Waals surface area (Å²) in [6, 6.07) is 52.3. The van der Waals surface area contributed by atoms with Gasteiger partial charge in [-0.3, -0.25) is 0 Å². The van der Waals surface area contributed by atoms with Crippen LogP contribution in [0.1, 0.15) is 23.7 Å². The molecular weight excluding hydrogens is 647 g/mol. The lowest BCUT2D eigenvalue weighted by Gasteiger charge is -2.21. The van der Waals surface area contributed by atoms with E-state index in [4.69, 9.17) is 9.41 Å². The normalized spacial score (nSPS) is 17.2. The van der Waals surface area contributed by atoms with Gasteiger partial charge in [-0.1, -0.05) is 140 Å². The molecule has 0 bridgehead atoms. The summed E-state index contributed by atoms with van der Waals surface area (Å²) in [4.78, 5) is 8.90. The Morgan fingerprint density at radius 2 is 1.28 bits per heavy atom. The minimum atomic E-state index is -0.194. The van der Waals surface area contributed by atoms with Crippen molar-refractivity contribution < 1.29 is 9.41 Å². The molecule has 4 nitrogen and oxygen atoms in total. The van der Waals surface area contributed by atoms with Crippen LogP contribution in [0.3, 0.4) is 0 Å². The lowest BCUT2D eigenvalue weighted by Crippen LogP contribution is -2.80. The zero-order chi connectivity index (χ0) is 34.9. The molecular formula is C49H34N3O+. The highest BCUT2D eigenvalue weighted by atomic mass is 16.3. The van der Waals surface area contributed by atoms with E-state index in [-0.39, 0.29) is 12.1 Å². The lowest BCUT2D eigenvalue weighted by molar-refractivity contribution is -0.510. The fourth-order valence-electron chi connectivity index (χ4n) is 8.39. The standard InChI is InChI=1S/C49H33N3O/c1-2-10-34(11-3-1)47-50-48(52-49(51-47)37-26-21-30-9-4-5-12-36(30)29-37)35-24-19-32(20-25-35)31-17-22-33(23-18-31)38-27-28-42-40-14-7-6-13-39(40)41-15-8-16-43-44(41)45(42)46(38)53-43/h1-10,12-29,34,49H,11H2,(H,50,51,52)/p+1. The third kappa shape index (κ3) is 4.91. The van der Waals surface area contributed by atoms with E-state index in [0.717, 1.165) is 57.1 Å². The maximum atomic E-state index is 6.63. The van der Waals surface area contributed by atoms with E-state index in [1.54, 1.807) is 0 Å². The zero-order valence-electron chi connectivity index (χ0n) is 28.9.